The molecule has 0 fully saturated rings. The topological polar surface area (TPSA) is 58.5 Å². The van der Waals surface area contributed by atoms with Gasteiger partial charge in [0.15, 0.2) is 5.96 Å². The zero-order valence-electron chi connectivity index (χ0n) is 12.4. The highest BCUT2D eigenvalue weighted by Crippen LogP contribution is 2.11. The van der Waals surface area contributed by atoms with Crippen molar-refractivity contribution in [1.29, 1.82) is 0 Å². The summed E-state index contributed by atoms with van der Waals surface area (Å²) in [6, 6.07) is 0. The van der Waals surface area contributed by atoms with E-state index in [9.17, 15) is 0 Å². The summed E-state index contributed by atoms with van der Waals surface area (Å²) in [6.07, 6.45) is 2.87. The Morgan fingerprint density at radius 3 is 2.80 bits per heavy atom. The molecule has 116 valence electrons. The molecule has 5 nitrogen and oxygen atoms in total. The van der Waals surface area contributed by atoms with Crippen molar-refractivity contribution in [1.82, 2.24) is 15.6 Å². The number of hydrogen-bond acceptors (Lipinski definition) is 4. The average molecular weight is 412 g/mol. The van der Waals surface area contributed by atoms with Crippen LogP contribution < -0.4 is 10.6 Å². The molecule has 20 heavy (non-hydrogen) atoms. The van der Waals surface area contributed by atoms with Gasteiger partial charge in [0.05, 0.1) is 6.54 Å². The van der Waals surface area contributed by atoms with Crippen molar-refractivity contribution < 1.29 is 4.74 Å². The molecule has 0 amide bonds. The molecule has 0 radical (unpaired) electrons. The number of rotatable bonds is 8. The number of nitrogens with one attached hydrogen (secondary N) is 2. The van der Waals surface area contributed by atoms with Gasteiger partial charge in [-0.2, -0.15) is 0 Å². The standard InChI is InChI=1S/C13H24N4OS.HI/c1-4-14-13(15-7-6-8-18-5-2)17-10-12-16-9-11(3)19-12;/h9H,4-8,10H2,1-3H3,(H2,14,15,17);1H. The molecule has 0 unspecified atom stereocenters. The lowest BCUT2D eigenvalue weighted by Crippen LogP contribution is -2.38. The highest BCUT2D eigenvalue weighted by molar-refractivity contribution is 14.0. The summed E-state index contributed by atoms with van der Waals surface area (Å²) in [5, 5.41) is 7.56. The Balaban J connectivity index is 0.00000361. The maximum Gasteiger partial charge on any atom is 0.191 e. The molecule has 0 aromatic carbocycles. The lowest BCUT2D eigenvalue weighted by molar-refractivity contribution is 0.145. The van der Waals surface area contributed by atoms with Crippen molar-refractivity contribution in [2.45, 2.75) is 33.7 Å². The third-order valence-electron chi connectivity index (χ3n) is 2.35. The lowest BCUT2D eigenvalue weighted by Gasteiger charge is -2.10. The van der Waals surface area contributed by atoms with E-state index >= 15 is 0 Å². The first kappa shape index (κ1) is 19.6. The van der Waals surface area contributed by atoms with Crippen molar-refractivity contribution in [2.75, 3.05) is 26.3 Å². The molecule has 1 rings (SSSR count). The fourth-order valence-electron chi connectivity index (χ4n) is 1.49. The van der Waals surface area contributed by atoms with Gasteiger partial charge in [-0.15, -0.1) is 35.3 Å². The largest absolute Gasteiger partial charge is 0.382 e. The van der Waals surface area contributed by atoms with Gasteiger partial charge in [0.2, 0.25) is 0 Å². The zero-order valence-corrected chi connectivity index (χ0v) is 15.6. The number of ether oxygens (including phenoxy) is 1. The predicted molar refractivity (Wildman–Crippen MR) is 96.2 cm³/mol. The quantitative estimate of drug-likeness (QED) is 0.298. The molecule has 2 N–H and O–H groups in total. The molecule has 0 atom stereocenters. The fraction of sp³-hybridized carbons (Fsp3) is 0.692. The molecule has 0 spiro atoms. The summed E-state index contributed by atoms with van der Waals surface area (Å²) in [5.41, 5.74) is 0. The summed E-state index contributed by atoms with van der Waals surface area (Å²) in [6.45, 7) is 10.0. The van der Waals surface area contributed by atoms with Gasteiger partial charge in [0, 0.05) is 37.4 Å². The van der Waals surface area contributed by atoms with Crippen LogP contribution in [0.2, 0.25) is 0 Å². The van der Waals surface area contributed by atoms with E-state index in [0.29, 0.717) is 6.54 Å². The Hall–Kier alpha value is -0.410. The van der Waals surface area contributed by atoms with Crippen LogP contribution in [0.15, 0.2) is 11.2 Å². The molecule has 0 bridgehead atoms. The van der Waals surface area contributed by atoms with Crippen LogP contribution in [-0.4, -0.2) is 37.2 Å². The molecule has 0 aliphatic rings. The van der Waals surface area contributed by atoms with Gasteiger partial charge in [-0.3, -0.25) is 0 Å². The highest BCUT2D eigenvalue weighted by atomic mass is 127. The summed E-state index contributed by atoms with van der Waals surface area (Å²) in [4.78, 5) is 10.0. The third kappa shape index (κ3) is 8.70. The maximum absolute atomic E-state index is 5.30. The number of aliphatic imine (C=N–C) groups is 1. The first-order chi connectivity index (χ1) is 9.26. The van der Waals surface area contributed by atoms with E-state index in [0.717, 1.165) is 43.7 Å². The van der Waals surface area contributed by atoms with Crippen LogP contribution in [0, 0.1) is 6.92 Å². The van der Waals surface area contributed by atoms with Crippen LogP contribution in [0.1, 0.15) is 30.2 Å². The minimum absolute atomic E-state index is 0. The molecular weight excluding hydrogens is 387 g/mol. The second-order valence-corrected chi connectivity index (χ2v) is 5.36. The van der Waals surface area contributed by atoms with Crippen LogP contribution in [0.3, 0.4) is 0 Å². The molecular formula is C13H25IN4OS. The highest BCUT2D eigenvalue weighted by Gasteiger charge is 2.00. The van der Waals surface area contributed by atoms with E-state index in [4.69, 9.17) is 4.74 Å². The number of hydrogen-bond donors (Lipinski definition) is 2. The van der Waals surface area contributed by atoms with Crippen LogP contribution in [0.5, 0.6) is 0 Å². The number of thiazole rings is 1. The summed E-state index contributed by atoms with van der Waals surface area (Å²) >= 11 is 1.69. The number of nitrogens with zero attached hydrogens (tertiary/aromatic N) is 2. The molecule has 0 aliphatic heterocycles. The number of aryl methyl sites for hydroxylation is 1. The van der Waals surface area contributed by atoms with Gasteiger partial charge in [0.25, 0.3) is 0 Å². The van der Waals surface area contributed by atoms with Crippen molar-refractivity contribution in [3.8, 4) is 0 Å². The second kappa shape index (κ2) is 12.3. The van der Waals surface area contributed by atoms with Gasteiger partial charge >= 0.3 is 0 Å². The molecule has 0 saturated heterocycles. The Bertz CT molecular complexity index is 384. The Morgan fingerprint density at radius 2 is 2.20 bits per heavy atom. The number of guanidine groups is 1. The predicted octanol–water partition coefficient (Wildman–Crippen LogP) is 2.55. The van der Waals surface area contributed by atoms with Gasteiger partial charge in [0.1, 0.15) is 5.01 Å². The lowest BCUT2D eigenvalue weighted by atomic mass is 10.4. The first-order valence-corrected chi connectivity index (χ1v) is 7.59. The van der Waals surface area contributed by atoms with E-state index in [1.165, 1.54) is 4.88 Å². The smallest absolute Gasteiger partial charge is 0.191 e. The van der Waals surface area contributed by atoms with Crippen LogP contribution in [0.25, 0.3) is 0 Å². The van der Waals surface area contributed by atoms with Crippen molar-refractivity contribution in [2.24, 2.45) is 4.99 Å². The maximum atomic E-state index is 5.30. The van der Waals surface area contributed by atoms with Gasteiger partial charge in [-0.05, 0) is 27.2 Å². The summed E-state index contributed by atoms with van der Waals surface area (Å²) in [7, 11) is 0. The van der Waals surface area contributed by atoms with E-state index in [1.54, 1.807) is 11.3 Å². The van der Waals surface area contributed by atoms with E-state index < -0.39 is 0 Å². The molecule has 0 aliphatic carbocycles. The molecule has 1 aromatic rings. The molecule has 0 saturated carbocycles. The summed E-state index contributed by atoms with van der Waals surface area (Å²) in [5.74, 6) is 0.840. The minimum atomic E-state index is 0. The van der Waals surface area contributed by atoms with Crippen molar-refractivity contribution in [3.63, 3.8) is 0 Å². The van der Waals surface area contributed by atoms with E-state index in [2.05, 4.69) is 34.5 Å². The summed E-state index contributed by atoms with van der Waals surface area (Å²) < 4.78 is 5.30. The monoisotopic (exact) mass is 412 g/mol. The normalized spacial score (nSPS) is 11.1. The van der Waals surface area contributed by atoms with E-state index in [-0.39, 0.29) is 24.0 Å². The molecule has 1 heterocycles. The first-order valence-electron chi connectivity index (χ1n) is 6.77. The number of halogens is 1. The van der Waals surface area contributed by atoms with Crippen molar-refractivity contribution >= 4 is 41.3 Å². The Morgan fingerprint density at radius 1 is 1.40 bits per heavy atom. The molecule has 1 aromatic heterocycles. The van der Waals surface area contributed by atoms with E-state index in [1.807, 2.05) is 13.1 Å². The third-order valence-corrected chi connectivity index (χ3v) is 3.25. The van der Waals surface area contributed by atoms with Crippen LogP contribution in [-0.2, 0) is 11.3 Å². The Labute approximate surface area is 142 Å². The fourth-order valence-corrected chi connectivity index (χ4v) is 2.20. The second-order valence-electron chi connectivity index (χ2n) is 4.04. The van der Waals surface area contributed by atoms with Crippen LogP contribution in [0.4, 0.5) is 0 Å². The SMILES string of the molecule is CCNC(=NCc1ncc(C)s1)NCCCOCC.I. The van der Waals surface area contributed by atoms with Gasteiger partial charge in [-0.25, -0.2) is 9.98 Å². The molecule has 7 heteroatoms. The van der Waals surface area contributed by atoms with Crippen LogP contribution >= 0.6 is 35.3 Å². The average Bonchev–Trinajstić information content (AvgIpc) is 2.81. The minimum Gasteiger partial charge on any atom is -0.382 e. The Kier molecular flexibility index (Phi) is 12.1. The number of aromatic nitrogens is 1. The van der Waals surface area contributed by atoms with Gasteiger partial charge in [-0.1, -0.05) is 0 Å². The van der Waals surface area contributed by atoms with Crippen molar-refractivity contribution in [3.05, 3.63) is 16.1 Å². The van der Waals surface area contributed by atoms with Gasteiger partial charge < -0.3 is 15.4 Å². The zero-order chi connectivity index (χ0) is 13.9.